The van der Waals surface area contributed by atoms with E-state index in [1.165, 1.54) is 12.1 Å². The fourth-order valence-corrected chi connectivity index (χ4v) is 2.07. The molecule has 102 valence electrons. The number of anilines is 1. The van der Waals surface area contributed by atoms with Crippen molar-refractivity contribution in [3.05, 3.63) is 65.6 Å². The fourth-order valence-electron chi connectivity index (χ4n) is 2.07. The lowest BCUT2D eigenvalue weighted by Gasteiger charge is -2.03. The van der Waals surface area contributed by atoms with Gasteiger partial charge in [-0.05, 0) is 42.5 Å². The lowest BCUT2D eigenvalue weighted by molar-refractivity contribution is 0.102. The summed E-state index contributed by atoms with van der Waals surface area (Å²) in [5.41, 5.74) is 1.93. The summed E-state index contributed by atoms with van der Waals surface area (Å²) >= 11 is 0. The van der Waals surface area contributed by atoms with Gasteiger partial charge in [0.05, 0.1) is 11.6 Å². The lowest BCUT2D eigenvalue weighted by Crippen LogP contribution is -2.12. The molecular weight excluding hydrogens is 269 g/mol. The highest BCUT2D eigenvalue weighted by Gasteiger charge is 2.11. The van der Waals surface area contributed by atoms with Crippen LogP contribution in [0.2, 0.25) is 0 Å². The fraction of sp³-hybridized carbons (Fsp3) is 0. The summed E-state index contributed by atoms with van der Waals surface area (Å²) in [6, 6.07) is 14.6. The second-order valence-electron chi connectivity index (χ2n) is 4.53. The van der Waals surface area contributed by atoms with Crippen molar-refractivity contribution in [1.29, 1.82) is 5.26 Å². The maximum Gasteiger partial charge on any atom is 0.272 e. The van der Waals surface area contributed by atoms with Crippen LogP contribution in [0, 0.1) is 17.1 Å². The van der Waals surface area contributed by atoms with Gasteiger partial charge in [0.1, 0.15) is 11.5 Å². The number of fused-ring (bicyclic) bond motifs is 1. The maximum atomic E-state index is 13.6. The topological polar surface area (TPSA) is 68.7 Å². The summed E-state index contributed by atoms with van der Waals surface area (Å²) in [5.74, 6) is -0.739. The summed E-state index contributed by atoms with van der Waals surface area (Å²) in [4.78, 5) is 15.0. The normalized spacial score (nSPS) is 10.3. The first-order valence-electron chi connectivity index (χ1n) is 6.26. The van der Waals surface area contributed by atoms with Gasteiger partial charge in [-0.1, -0.05) is 6.07 Å². The first-order chi connectivity index (χ1) is 10.2. The number of hydrogen-bond acceptors (Lipinski definition) is 2. The number of carbonyl (C=O) groups excluding carboxylic acids is 1. The highest BCUT2D eigenvalue weighted by Crippen LogP contribution is 2.19. The smallest absolute Gasteiger partial charge is 0.272 e. The SMILES string of the molecule is N#Cc1ccc(NC(=O)c2cc3c(F)cccc3[nH]2)cc1. The second-order valence-corrected chi connectivity index (χ2v) is 4.53. The lowest BCUT2D eigenvalue weighted by atomic mass is 10.2. The van der Waals surface area contributed by atoms with Gasteiger partial charge in [-0.2, -0.15) is 5.26 Å². The van der Waals surface area contributed by atoms with Crippen molar-refractivity contribution < 1.29 is 9.18 Å². The monoisotopic (exact) mass is 279 g/mol. The van der Waals surface area contributed by atoms with E-state index >= 15 is 0 Å². The molecule has 4 nitrogen and oxygen atoms in total. The number of aromatic amines is 1. The number of halogens is 1. The largest absolute Gasteiger partial charge is 0.350 e. The van der Waals surface area contributed by atoms with Gasteiger partial charge in [0.15, 0.2) is 0 Å². The maximum absolute atomic E-state index is 13.6. The van der Waals surface area contributed by atoms with Crippen LogP contribution in [0.5, 0.6) is 0 Å². The number of benzene rings is 2. The van der Waals surface area contributed by atoms with Gasteiger partial charge >= 0.3 is 0 Å². The van der Waals surface area contributed by atoms with Crippen LogP contribution in [0.25, 0.3) is 10.9 Å². The molecule has 1 heterocycles. The highest BCUT2D eigenvalue weighted by molar-refractivity contribution is 6.06. The van der Waals surface area contributed by atoms with Gasteiger partial charge in [-0.15, -0.1) is 0 Å². The van der Waals surface area contributed by atoms with Crippen LogP contribution in [-0.2, 0) is 0 Å². The summed E-state index contributed by atoms with van der Waals surface area (Å²) in [5, 5.41) is 11.8. The molecule has 3 rings (SSSR count). The number of nitrogens with zero attached hydrogens (tertiary/aromatic N) is 1. The molecule has 0 atom stereocenters. The van der Waals surface area contributed by atoms with Gasteiger partial charge in [-0.3, -0.25) is 4.79 Å². The van der Waals surface area contributed by atoms with Crippen molar-refractivity contribution in [3.63, 3.8) is 0 Å². The zero-order chi connectivity index (χ0) is 14.8. The molecule has 2 N–H and O–H groups in total. The molecule has 2 aromatic carbocycles. The van der Waals surface area contributed by atoms with Gasteiger partial charge < -0.3 is 10.3 Å². The average Bonchev–Trinajstić information content (AvgIpc) is 2.94. The second kappa shape index (κ2) is 5.10. The van der Waals surface area contributed by atoms with Crippen LogP contribution in [0.1, 0.15) is 16.1 Å². The quantitative estimate of drug-likeness (QED) is 0.754. The van der Waals surface area contributed by atoms with Crippen molar-refractivity contribution in [2.45, 2.75) is 0 Å². The third-order valence-electron chi connectivity index (χ3n) is 3.13. The summed E-state index contributed by atoms with van der Waals surface area (Å²) in [7, 11) is 0. The number of H-pyrrole nitrogens is 1. The Morgan fingerprint density at radius 2 is 1.95 bits per heavy atom. The standard InChI is InChI=1S/C16H10FN3O/c17-13-2-1-3-14-12(13)8-15(20-14)16(21)19-11-6-4-10(9-18)5-7-11/h1-8,20H,(H,19,21). The number of nitrogens with one attached hydrogen (secondary N) is 2. The van der Waals surface area contributed by atoms with Crippen LogP contribution in [-0.4, -0.2) is 10.9 Å². The third kappa shape index (κ3) is 2.47. The number of rotatable bonds is 2. The van der Waals surface area contributed by atoms with E-state index in [-0.39, 0.29) is 17.4 Å². The van der Waals surface area contributed by atoms with Crippen LogP contribution >= 0.6 is 0 Å². The van der Waals surface area contributed by atoms with E-state index in [4.69, 9.17) is 5.26 Å². The molecule has 0 bridgehead atoms. The predicted octanol–water partition coefficient (Wildman–Crippen LogP) is 3.43. The zero-order valence-electron chi connectivity index (χ0n) is 10.9. The van der Waals surface area contributed by atoms with E-state index < -0.39 is 0 Å². The number of hydrogen-bond donors (Lipinski definition) is 2. The Balaban J connectivity index is 1.86. The molecule has 0 aliphatic carbocycles. The first-order valence-corrected chi connectivity index (χ1v) is 6.26. The number of aromatic nitrogens is 1. The predicted molar refractivity (Wildman–Crippen MR) is 77.4 cm³/mol. The molecule has 21 heavy (non-hydrogen) atoms. The first kappa shape index (κ1) is 12.9. The number of amides is 1. The number of carbonyl (C=O) groups is 1. The van der Waals surface area contributed by atoms with Crippen LogP contribution in [0.4, 0.5) is 10.1 Å². The Labute approximate surface area is 119 Å². The van der Waals surface area contributed by atoms with Crippen molar-refractivity contribution in [2.75, 3.05) is 5.32 Å². The summed E-state index contributed by atoms with van der Waals surface area (Å²) in [6.45, 7) is 0. The Morgan fingerprint density at radius 3 is 2.62 bits per heavy atom. The molecule has 0 spiro atoms. The molecule has 3 aromatic rings. The van der Waals surface area contributed by atoms with Crippen molar-refractivity contribution in [1.82, 2.24) is 4.98 Å². The van der Waals surface area contributed by atoms with Gasteiger partial charge in [0.2, 0.25) is 0 Å². The molecule has 1 aromatic heterocycles. The van der Waals surface area contributed by atoms with E-state index in [0.29, 0.717) is 22.2 Å². The van der Waals surface area contributed by atoms with Crippen LogP contribution in [0.3, 0.4) is 0 Å². The molecule has 1 amide bonds. The molecule has 5 heteroatoms. The average molecular weight is 279 g/mol. The van der Waals surface area contributed by atoms with E-state index in [0.717, 1.165) is 0 Å². The minimum absolute atomic E-state index is 0.277. The molecule has 0 unspecified atom stereocenters. The third-order valence-corrected chi connectivity index (χ3v) is 3.13. The Kier molecular flexibility index (Phi) is 3.13. The Morgan fingerprint density at radius 1 is 1.19 bits per heavy atom. The minimum atomic E-state index is -0.374. The van der Waals surface area contributed by atoms with Crippen LogP contribution in [0.15, 0.2) is 48.5 Å². The van der Waals surface area contributed by atoms with Gasteiger partial charge in [0.25, 0.3) is 5.91 Å². The summed E-state index contributed by atoms with van der Waals surface area (Å²) < 4.78 is 13.6. The Bertz CT molecular complexity index is 859. The number of nitriles is 1. The van der Waals surface area contributed by atoms with Crippen molar-refractivity contribution >= 4 is 22.5 Å². The molecule has 0 saturated carbocycles. The zero-order valence-corrected chi connectivity index (χ0v) is 10.9. The molecule has 0 aliphatic rings. The van der Waals surface area contributed by atoms with E-state index in [1.807, 2.05) is 6.07 Å². The molecule has 0 aliphatic heterocycles. The van der Waals surface area contributed by atoms with Gasteiger partial charge in [0, 0.05) is 16.6 Å². The van der Waals surface area contributed by atoms with Crippen molar-refractivity contribution in [2.24, 2.45) is 0 Å². The molecule has 0 fully saturated rings. The van der Waals surface area contributed by atoms with E-state index in [1.54, 1.807) is 36.4 Å². The van der Waals surface area contributed by atoms with E-state index in [9.17, 15) is 9.18 Å². The molecule has 0 radical (unpaired) electrons. The van der Waals surface area contributed by atoms with Gasteiger partial charge in [-0.25, -0.2) is 4.39 Å². The molecule has 0 saturated heterocycles. The molecular formula is C16H10FN3O. The minimum Gasteiger partial charge on any atom is -0.350 e. The van der Waals surface area contributed by atoms with E-state index in [2.05, 4.69) is 10.3 Å². The van der Waals surface area contributed by atoms with Crippen molar-refractivity contribution in [3.8, 4) is 6.07 Å². The van der Waals surface area contributed by atoms with Crippen LogP contribution < -0.4 is 5.32 Å². The highest BCUT2D eigenvalue weighted by atomic mass is 19.1. The summed E-state index contributed by atoms with van der Waals surface area (Å²) in [6.07, 6.45) is 0. The Hall–Kier alpha value is -3.13.